The molecule has 0 amide bonds. The molecule has 98 valence electrons. The summed E-state index contributed by atoms with van der Waals surface area (Å²) >= 11 is 3.44. The standard InChI is InChI=1S/C17H19BrN/c1-2-3-12-19-13-10-16(11-14-19)5-4-15-6-8-17(18)9-7-15/h4-11,13-14H,2-3,12H2,1H3/q+1/b5-4+. The van der Waals surface area contributed by atoms with Gasteiger partial charge < -0.3 is 0 Å². The average Bonchev–Trinajstić information content (AvgIpc) is 2.46. The van der Waals surface area contributed by atoms with Gasteiger partial charge in [-0.15, -0.1) is 0 Å². The maximum absolute atomic E-state index is 3.44. The summed E-state index contributed by atoms with van der Waals surface area (Å²) < 4.78 is 3.35. The predicted molar refractivity (Wildman–Crippen MR) is 84.6 cm³/mol. The molecule has 1 aromatic carbocycles. The first-order chi connectivity index (χ1) is 9.28. The van der Waals surface area contributed by atoms with E-state index < -0.39 is 0 Å². The van der Waals surface area contributed by atoms with Crippen LogP contribution in [0.15, 0.2) is 53.3 Å². The van der Waals surface area contributed by atoms with Crippen LogP contribution in [0, 0.1) is 0 Å². The molecule has 0 radical (unpaired) electrons. The Balaban J connectivity index is 2.00. The summed E-state index contributed by atoms with van der Waals surface area (Å²) in [4.78, 5) is 0. The van der Waals surface area contributed by atoms with Crippen LogP contribution < -0.4 is 4.57 Å². The topological polar surface area (TPSA) is 3.88 Å². The normalized spacial score (nSPS) is 11.1. The van der Waals surface area contributed by atoms with Gasteiger partial charge in [0.25, 0.3) is 0 Å². The van der Waals surface area contributed by atoms with Crippen LogP contribution in [0.25, 0.3) is 12.2 Å². The summed E-state index contributed by atoms with van der Waals surface area (Å²) in [5.41, 5.74) is 2.45. The highest BCUT2D eigenvalue weighted by molar-refractivity contribution is 9.10. The van der Waals surface area contributed by atoms with Crippen LogP contribution in [0.1, 0.15) is 30.9 Å². The predicted octanol–water partition coefficient (Wildman–Crippen LogP) is 4.71. The van der Waals surface area contributed by atoms with Crippen molar-refractivity contribution in [3.05, 3.63) is 64.4 Å². The smallest absolute Gasteiger partial charge is 0.169 e. The van der Waals surface area contributed by atoms with Gasteiger partial charge in [-0.05, 0) is 23.3 Å². The fraction of sp³-hybridized carbons (Fsp3) is 0.235. The number of nitrogens with zero attached hydrogens (tertiary/aromatic N) is 1. The van der Waals surface area contributed by atoms with E-state index in [0.29, 0.717) is 0 Å². The first-order valence-corrected chi connectivity index (χ1v) is 7.50. The molecule has 1 nitrogen and oxygen atoms in total. The summed E-state index contributed by atoms with van der Waals surface area (Å²) in [7, 11) is 0. The van der Waals surface area contributed by atoms with Crippen molar-refractivity contribution < 1.29 is 4.57 Å². The van der Waals surface area contributed by atoms with E-state index in [1.54, 1.807) is 0 Å². The molecular formula is C17H19BrN+. The molecule has 0 aliphatic heterocycles. The van der Waals surface area contributed by atoms with E-state index in [-0.39, 0.29) is 0 Å². The summed E-state index contributed by atoms with van der Waals surface area (Å²) in [5, 5.41) is 0. The van der Waals surface area contributed by atoms with E-state index in [4.69, 9.17) is 0 Å². The van der Waals surface area contributed by atoms with E-state index in [1.807, 2.05) is 0 Å². The van der Waals surface area contributed by atoms with Crippen LogP contribution in [-0.4, -0.2) is 0 Å². The van der Waals surface area contributed by atoms with Crippen LogP contribution in [0.2, 0.25) is 0 Å². The van der Waals surface area contributed by atoms with Gasteiger partial charge in [0.15, 0.2) is 12.4 Å². The van der Waals surface area contributed by atoms with Gasteiger partial charge in [0.05, 0.1) is 0 Å². The van der Waals surface area contributed by atoms with Crippen LogP contribution in [0.4, 0.5) is 0 Å². The first kappa shape index (κ1) is 14.0. The molecule has 0 atom stereocenters. The number of rotatable bonds is 5. The highest BCUT2D eigenvalue weighted by atomic mass is 79.9. The van der Waals surface area contributed by atoms with Crippen molar-refractivity contribution in [1.29, 1.82) is 0 Å². The Hall–Kier alpha value is -1.41. The second-order valence-corrected chi connectivity index (χ2v) is 5.52. The molecule has 1 aromatic heterocycles. The van der Waals surface area contributed by atoms with Crippen LogP contribution in [0.3, 0.4) is 0 Å². The van der Waals surface area contributed by atoms with E-state index in [1.165, 1.54) is 24.0 Å². The maximum Gasteiger partial charge on any atom is 0.169 e. The lowest BCUT2D eigenvalue weighted by atomic mass is 10.1. The summed E-state index contributed by atoms with van der Waals surface area (Å²) in [6.07, 6.45) is 11.1. The zero-order valence-corrected chi connectivity index (χ0v) is 12.8. The number of aryl methyl sites for hydroxylation is 1. The van der Waals surface area contributed by atoms with Crippen molar-refractivity contribution >= 4 is 28.1 Å². The Bertz CT molecular complexity index is 526. The highest BCUT2D eigenvalue weighted by Gasteiger charge is 1.98. The van der Waals surface area contributed by atoms with Crippen molar-refractivity contribution in [2.75, 3.05) is 0 Å². The summed E-state index contributed by atoms with van der Waals surface area (Å²) in [6.45, 7) is 3.32. The van der Waals surface area contributed by atoms with Gasteiger partial charge in [0.1, 0.15) is 6.54 Å². The Morgan fingerprint density at radius 1 is 0.947 bits per heavy atom. The van der Waals surface area contributed by atoms with Gasteiger partial charge in [-0.1, -0.05) is 53.6 Å². The lowest BCUT2D eigenvalue weighted by Crippen LogP contribution is -2.32. The molecule has 0 unspecified atom stereocenters. The Kier molecular flexibility index (Phi) is 5.34. The van der Waals surface area contributed by atoms with Crippen LogP contribution in [0.5, 0.6) is 0 Å². The fourth-order valence-electron chi connectivity index (χ4n) is 1.84. The minimum absolute atomic E-state index is 1.10. The van der Waals surface area contributed by atoms with E-state index >= 15 is 0 Å². The molecule has 1 heterocycles. The van der Waals surface area contributed by atoms with Crippen molar-refractivity contribution in [2.24, 2.45) is 0 Å². The van der Waals surface area contributed by atoms with Crippen molar-refractivity contribution in [1.82, 2.24) is 0 Å². The van der Waals surface area contributed by atoms with Crippen molar-refractivity contribution in [3.8, 4) is 0 Å². The molecule has 0 fully saturated rings. The lowest BCUT2D eigenvalue weighted by Gasteiger charge is -1.97. The maximum atomic E-state index is 3.44. The van der Waals surface area contributed by atoms with Crippen molar-refractivity contribution in [2.45, 2.75) is 26.3 Å². The molecule has 0 N–H and O–H groups in total. The monoisotopic (exact) mass is 316 g/mol. The van der Waals surface area contributed by atoms with Crippen LogP contribution in [-0.2, 0) is 6.54 Å². The van der Waals surface area contributed by atoms with E-state index in [0.717, 1.165) is 11.0 Å². The molecule has 2 aromatic rings. The van der Waals surface area contributed by atoms with Gasteiger partial charge in [0, 0.05) is 23.0 Å². The third-order valence-electron chi connectivity index (χ3n) is 3.03. The number of unbranched alkanes of at least 4 members (excludes halogenated alkanes) is 1. The third-order valence-corrected chi connectivity index (χ3v) is 3.55. The molecule has 2 rings (SSSR count). The molecular weight excluding hydrogens is 298 g/mol. The molecule has 0 aliphatic rings. The van der Waals surface area contributed by atoms with Crippen LogP contribution >= 0.6 is 15.9 Å². The lowest BCUT2D eigenvalue weighted by molar-refractivity contribution is -0.697. The Morgan fingerprint density at radius 2 is 1.53 bits per heavy atom. The first-order valence-electron chi connectivity index (χ1n) is 6.70. The molecule has 0 saturated heterocycles. The number of hydrogen-bond donors (Lipinski definition) is 0. The molecule has 0 aliphatic carbocycles. The van der Waals surface area contributed by atoms with Gasteiger partial charge in [-0.25, -0.2) is 4.57 Å². The number of hydrogen-bond acceptors (Lipinski definition) is 0. The van der Waals surface area contributed by atoms with Gasteiger partial charge in [-0.3, -0.25) is 0 Å². The average molecular weight is 317 g/mol. The van der Waals surface area contributed by atoms with Gasteiger partial charge in [-0.2, -0.15) is 0 Å². The highest BCUT2D eigenvalue weighted by Crippen LogP contribution is 2.12. The third kappa shape index (κ3) is 4.64. The molecule has 0 bridgehead atoms. The fourth-order valence-corrected chi connectivity index (χ4v) is 2.10. The second kappa shape index (κ2) is 7.25. The second-order valence-electron chi connectivity index (χ2n) is 4.61. The molecule has 0 saturated carbocycles. The summed E-state index contributed by atoms with van der Waals surface area (Å²) in [6, 6.07) is 12.6. The molecule has 19 heavy (non-hydrogen) atoms. The van der Waals surface area contributed by atoms with E-state index in [9.17, 15) is 0 Å². The SMILES string of the molecule is CCCC[n+]1ccc(/C=C/c2ccc(Br)cc2)cc1. The van der Waals surface area contributed by atoms with Gasteiger partial charge >= 0.3 is 0 Å². The zero-order chi connectivity index (χ0) is 13.5. The van der Waals surface area contributed by atoms with E-state index in [2.05, 4.69) is 88.4 Å². The molecule has 0 spiro atoms. The summed E-state index contributed by atoms with van der Waals surface area (Å²) in [5.74, 6) is 0. The number of benzene rings is 1. The number of halogens is 1. The quantitative estimate of drug-likeness (QED) is 0.703. The Labute approximate surface area is 123 Å². The number of pyridine rings is 1. The Morgan fingerprint density at radius 3 is 2.11 bits per heavy atom. The minimum atomic E-state index is 1.10. The largest absolute Gasteiger partial charge is 0.205 e. The number of aromatic nitrogens is 1. The minimum Gasteiger partial charge on any atom is -0.205 e. The molecule has 2 heteroatoms. The zero-order valence-electron chi connectivity index (χ0n) is 11.2. The van der Waals surface area contributed by atoms with Crippen molar-refractivity contribution in [3.63, 3.8) is 0 Å². The van der Waals surface area contributed by atoms with Gasteiger partial charge in [0.2, 0.25) is 0 Å².